The minimum Gasteiger partial charge on any atom is -0.479 e. The minimum atomic E-state index is -1.10. The number of anilines is 1. The van der Waals surface area contributed by atoms with E-state index < -0.39 is 16.9 Å². The number of non-ortho nitro benzene ring substituents is 1. The van der Waals surface area contributed by atoms with Crippen molar-refractivity contribution < 1.29 is 19.6 Å². The fourth-order valence-electron chi connectivity index (χ4n) is 1.76. The molecule has 0 saturated carbocycles. The summed E-state index contributed by atoms with van der Waals surface area (Å²) < 4.78 is 0. The number of nitro groups is 1. The molecule has 0 radical (unpaired) electrons. The normalized spacial score (nSPS) is 11.6. The third-order valence-corrected chi connectivity index (χ3v) is 3.68. The van der Waals surface area contributed by atoms with Crippen LogP contribution in [0.4, 0.5) is 11.4 Å². The summed E-state index contributed by atoms with van der Waals surface area (Å²) in [5, 5.41) is 24.4. The smallest absolute Gasteiger partial charge is 0.331 e. The van der Waals surface area contributed by atoms with Gasteiger partial charge in [-0.15, -0.1) is 11.3 Å². The number of rotatable bonds is 6. The van der Waals surface area contributed by atoms with Crippen LogP contribution in [0.25, 0.3) is 0 Å². The van der Waals surface area contributed by atoms with Crippen molar-refractivity contribution in [2.24, 2.45) is 0 Å². The predicted octanol–water partition coefficient (Wildman–Crippen LogP) is 2.71. The van der Waals surface area contributed by atoms with Crippen LogP contribution in [0.1, 0.15) is 21.3 Å². The molecule has 0 aliphatic carbocycles. The van der Waals surface area contributed by atoms with Crippen LogP contribution < -0.4 is 5.32 Å². The summed E-state index contributed by atoms with van der Waals surface area (Å²) in [5.41, 5.74) is 0.0362. The summed E-state index contributed by atoms with van der Waals surface area (Å²) in [6, 6.07) is 5.98. The van der Waals surface area contributed by atoms with E-state index in [4.69, 9.17) is 0 Å². The van der Waals surface area contributed by atoms with Crippen LogP contribution in [-0.2, 0) is 4.79 Å². The molecule has 108 valence electrons. The maximum Gasteiger partial charge on any atom is 0.331 e. The van der Waals surface area contributed by atoms with Gasteiger partial charge in [-0.25, -0.2) is 4.79 Å². The first-order chi connectivity index (χ1) is 10.0. The van der Waals surface area contributed by atoms with Crippen LogP contribution in [0.15, 0.2) is 35.7 Å². The molecule has 0 aliphatic heterocycles. The van der Waals surface area contributed by atoms with Gasteiger partial charge in [-0.3, -0.25) is 14.9 Å². The highest BCUT2D eigenvalue weighted by Crippen LogP contribution is 2.27. The molecule has 0 saturated heterocycles. The molecule has 8 heteroatoms. The number of thiophene rings is 1. The number of benzene rings is 1. The van der Waals surface area contributed by atoms with Gasteiger partial charge >= 0.3 is 5.97 Å². The van der Waals surface area contributed by atoms with Gasteiger partial charge in [0, 0.05) is 28.3 Å². The van der Waals surface area contributed by atoms with Crippen LogP contribution in [0.3, 0.4) is 0 Å². The number of aliphatic carboxylic acids is 1. The Kier molecular flexibility index (Phi) is 4.29. The topological polar surface area (TPSA) is 110 Å². The maximum atomic E-state index is 11.3. The number of hydrogen-bond donors (Lipinski definition) is 2. The highest BCUT2D eigenvalue weighted by atomic mass is 32.1. The quantitative estimate of drug-likeness (QED) is 0.482. The van der Waals surface area contributed by atoms with Crippen LogP contribution >= 0.6 is 11.3 Å². The Bertz CT molecular complexity index is 684. The summed E-state index contributed by atoms with van der Waals surface area (Å²) in [5.74, 6) is -1.10. The van der Waals surface area contributed by atoms with Crippen LogP contribution in [0.2, 0.25) is 0 Å². The Morgan fingerprint density at radius 1 is 1.43 bits per heavy atom. The zero-order valence-electron chi connectivity index (χ0n) is 10.6. The van der Waals surface area contributed by atoms with Crippen LogP contribution in [0.5, 0.6) is 0 Å². The van der Waals surface area contributed by atoms with Gasteiger partial charge in [0.2, 0.25) is 0 Å². The average Bonchev–Trinajstić information content (AvgIpc) is 2.97. The summed E-state index contributed by atoms with van der Waals surface area (Å²) in [6.45, 7) is 0. The van der Waals surface area contributed by atoms with E-state index in [0.29, 0.717) is 11.2 Å². The lowest BCUT2D eigenvalue weighted by Gasteiger charge is -2.15. The van der Waals surface area contributed by atoms with Gasteiger partial charge in [-0.2, -0.15) is 0 Å². The Balaban J connectivity index is 2.35. The second-order valence-corrected chi connectivity index (χ2v) is 5.06. The number of carbonyl (C=O) groups excluding carboxylic acids is 1. The Morgan fingerprint density at radius 2 is 2.19 bits per heavy atom. The van der Waals surface area contributed by atoms with Crippen molar-refractivity contribution >= 4 is 35.0 Å². The summed E-state index contributed by atoms with van der Waals surface area (Å²) in [4.78, 5) is 33.0. The molecular weight excluding hydrogens is 296 g/mol. The Labute approximate surface area is 123 Å². The van der Waals surface area contributed by atoms with Crippen molar-refractivity contribution in [2.45, 2.75) is 6.04 Å². The number of carboxylic acid groups (broad SMARTS) is 1. The molecule has 1 atom stereocenters. The fraction of sp³-hybridized carbons (Fsp3) is 0.0769. The maximum absolute atomic E-state index is 11.3. The van der Waals surface area contributed by atoms with Gasteiger partial charge in [0.05, 0.1) is 4.92 Å². The van der Waals surface area contributed by atoms with Crippen molar-refractivity contribution in [3.05, 3.63) is 56.3 Å². The number of nitrogens with one attached hydrogen (secondary N) is 1. The molecule has 1 heterocycles. The molecule has 2 N–H and O–H groups in total. The second kappa shape index (κ2) is 6.14. The molecule has 0 amide bonds. The Hall–Kier alpha value is -2.74. The van der Waals surface area contributed by atoms with Gasteiger partial charge in [0.1, 0.15) is 0 Å². The summed E-state index contributed by atoms with van der Waals surface area (Å²) in [7, 11) is 0. The van der Waals surface area contributed by atoms with E-state index in [1.165, 1.54) is 23.5 Å². The van der Waals surface area contributed by atoms with Crippen molar-refractivity contribution in [1.82, 2.24) is 0 Å². The lowest BCUT2D eigenvalue weighted by atomic mass is 10.1. The molecule has 0 bridgehead atoms. The number of nitro benzene ring substituents is 1. The molecule has 1 unspecified atom stereocenters. The molecule has 1 aromatic heterocycles. The standard InChI is InChI=1S/C13H10N2O5S/c16-7-8-6-9(15(19)20)3-4-10(8)14-12(13(17)18)11-2-1-5-21-11/h1-7,12,14H,(H,17,18). The Morgan fingerprint density at radius 3 is 2.71 bits per heavy atom. The van der Waals surface area contributed by atoms with Gasteiger partial charge in [-0.05, 0) is 17.5 Å². The average molecular weight is 306 g/mol. The van der Waals surface area contributed by atoms with E-state index in [2.05, 4.69) is 5.32 Å². The molecule has 21 heavy (non-hydrogen) atoms. The van der Waals surface area contributed by atoms with E-state index in [1.54, 1.807) is 17.5 Å². The van der Waals surface area contributed by atoms with E-state index in [9.17, 15) is 24.8 Å². The SMILES string of the molecule is O=Cc1cc([N+](=O)[O-])ccc1NC(C(=O)O)c1cccs1. The van der Waals surface area contributed by atoms with Crippen molar-refractivity contribution in [1.29, 1.82) is 0 Å². The second-order valence-electron chi connectivity index (χ2n) is 4.08. The number of carboxylic acids is 1. The summed E-state index contributed by atoms with van der Waals surface area (Å²) in [6.07, 6.45) is 0.447. The molecule has 0 spiro atoms. The molecule has 2 aromatic rings. The van der Waals surface area contributed by atoms with E-state index in [1.807, 2.05) is 0 Å². The molecule has 7 nitrogen and oxygen atoms in total. The first-order valence-electron chi connectivity index (χ1n) is 5.79. The number of carbonyl (C=O) groups is 2. The number of nitrogens with zero attached hydrogens (tertiary/aromatic N) is 1. The third-order valence-electron chi connectivity index (χ3n) is 2.75. The molecular formula is C13H10N2O5S. The molecule has 0 aliphatic rings. The molecule has 0 fully saturated rings. The summed E-state index contributed by atoms with van der Waals surface area (Å²) >= 11 is 1.26. The van der Waals surface area contributed by atoms with Crippen molar-refractivity contribution in [2.75, 3.05) is 5.32 Å². The van der Waals surface area contributed by atoms with Gasteiger partial charge < -0.3 is 10.4 Å². The molecule has 2 rings (SSSR count). The lowest BCUT2D eigenvalue weighted by Crippen LogP contribution is -2.20. The van der Waals surface area contributed by atoms with E-state index in [-0.39, 0.29) is 16.9 Å². The van der Waals surface area contributed by atoms with Crippen molar-refractivity contribution in [3.8, 4) is 0 Å². The lowest BCUT2D eigenvalue weighted by molar-refractivity contribution is -0.384. The number of aldehydes is 1. The first kappa shape index (κ1) is 14.7. The first-order valence-corrected chi connectivity index (χ1v) is 6.67. The van der Waals surface area contributed by atoms with Gasteiger partial charge in [0.25, 0.3) is 5.69 Å². The van der Waals surface area contributed by atoms with E-state index >= 15 is 0 Å². The number of hydrogen-bond acceptors (Lipinski definition) is 6. The highest BCUT2D eigenvalue weighted by Gasteiger charge is 2.22. The highest BCUT2D eigenvalue weighted by molar-refractivity contribution is 7.10. The fourth-order valence-corrected chi connectivity index (χ4v) is 2.53. The van der Waals surface area contributed by atoms with Crippen LogP contribution in [-0.4, -0.2) is 22.3 Å². The van der Waals surface area contributed by atoms with Crippen LogP contribution in [0, 0.1) is 10.1 Å². The zero-order chi connectivity index (χ0) is 15.4. The minimum absolute atomic E-state index is 0.0343. The van der Waals surface area contributed by atoms with Crippen molar-refractivity contribution in [3.63, 3.8) is 0 Å². The van der Waals surface area contributed by atoms with Gasteiger partial charge in [-0.1, -0.05) is 6.07 Å². The van der Waals surface area contributed by atoms with E-state index in [0.717, 1.165) is 6.07 Å². The third kappa shape index (κ3) is 3.23. The predicted molar refractivity (Wildman–Crippen MR) is 76.8 cm³/mol. The zero-order valence-corrected chi connectivity index (χ0v) is 11.4. The molecule has 1 aromatic carbocycles. The van der Waals surface area contributed by atoms with Gasteiger partial charge in [0.15, 0.2) is 12.3 Å². The largest absolute Gasteiger partial charge is 0.479 e. The monoisotopic (exact) mass is 306 g/mol.